The number of fused-ring (bicyclic) bond motifs is 1. The van der Waals surface area contributed by atoms with Crippen LogP contribution in [0.5, 0.6) is 5.75 Å². The van der Waals surface area contributed by atoms with Crippen LogP contribution < -0.4 is 10.4 Å². The van der Waals surface area contributed by atoms with E-state index in [-0.39, 0.29) is 11.5 Å². The third-order valence-electron chi connectivity index (χ3n) is 4.30. The van der Waals surface area contributed by atoms with Crippen LogP contribution in [0.15, 0.2) is 33.5 Å². The van der Waals surface area contributed by atoms with Crippen molar-refractivity contribution < 1.29 is 13.9 Å². The molecule has 0 spiro atoms. The van der Waals surface area contributed by atoms with Gasteiger partial charge < -0.3 is 14.1 Å². The molecule has 1 aliphatic rings. The molecule has 1 aromatic carbocycles. The largest absolute Gasteiger partial charge is 0.493 e. The monoisotopic (exact) mass is 329 g/mol. The molecule has 0 N–H and O–H groups in total. The van der Waals surface area contributed by atoms with Crippen LogP contribution in [0, 0.1) is 0 Å². The maximum Gasteiger partial charge on any atom is 0.349 e. The Bertz CT molecular complexity index is 773. The number of nitrogens with zero attached hydrogens (tertiary/aromatic N) is 1. The highest BCUT2D eigenvalue weighted by molar-refractivity contribution is 5.96. The summed E-state index contributed by atoms with van der Waals surface area (Å²) in [4.78, 5) is 26.7. The van der Waals surface area contributed by atoms with Gasteiger partial charge in [-0.25, -0.2) is 4.79 Å². The van der Waals surface area contributed by atoms with Crippen LogP contribution in [0.25, 0.3) is 11.0 Å². The van der Waals surface area contributed by atoms with Crippen molar-refractivity contribution in [1.82, 2.24) is 4.90 Å². The van der Waals surface area contributed by atoms with Crippen molar-refractivity contribution in [2.45, 2.75) is 39.0 Å². The average molecular weight is 329 g/mol. The second-order valence-corrected chi connectivity index (χ2v) is 6.20. The minimum absolute atomic E-state index is 0.117. The highest BCUT2D eigenvalue weighted by Crippen LogP contribution is 2.21. The number of benzene rings is 1. The lowest BCUT2D eigenvalue weighted by Gasteiger charge is -2.19. The van der Waals surface area contributed by atoms with Gasteiger partial charge in [0.05, 0.1) is 6.61 Å². The summed E-state index contributed by atoms with van der Waals surface area (Å²) in [5.74, 6) is 0.443. The van der Waals surface area contributed by atoms with Gasteiger partial charge in [0.15, 0.2) is 0 Å². The molecule has 24 heavy (non-hydrogen) atoms. The summed E-state index contributed by atoms with van der Waals surface area (Å²) in [7, 11) is 0. The summed E-state index contributed by atoms with van der Waals surface area (Å²) in [5, 5.41) is 0.733. The van der Waals surface area contributed by atoms with E-state index in [2.05, 4.69) is 0 Å². The van der Waals surface area contributed by atoms with Gasteiger partial charge in [-0.05, 0) is 37.5 Å². The first kappa shape index (κ1) is 16.6. The fourth-order valence-corrected chi connectivity index (χ4v) is 2.99. The van der Waals surface area contributed by atoms with E-state index in [1.54, 1.807) is 17.0 Å². The predicted molar refractivity (Wildman–Crippen MR) is 92.6 cm³/mol. The smallest absolute Gasteiger partial charge is 0.349 e. The molecule has 128 valence electrons. The highest BCUT2D eigenvalue weighted by Gasteiger charge is 2.21. The third-order valence-corrected chi connectivity index (χ3v) is 4.30. The molecule has 2 heterocycles. The molecule has 1 saturated heterocycles. The van der Waals surface area contributed by atoms with E-state index in [4.69, 9.17) is 9.15 Å². The Morgan fingerprint density at radius 3 is 2.62 bits per heavy atom. The maximum absolute atomic E-state index is 12.7. The van der Waals surface area contributed by atoms with E-state index in [9.17, 15) is 9.59 Å². The van der Waals surface area contributed by atoms with Gasteiger partial charge >= 0.3 is 5.63 Å². The first-order valence-electron chi connectivity index (χ1n) is 8.69. The van der Waals surface area contributed by atoms with E-state index in [0.717, 1.165) is 37.5 Å². The van der Waals surface area contributed by atoms with E-state index in [1.807, 2.05) is 19.1 Å². The third kappa shape index (κ3) is 3.61. The zero-order chi connectivity index (χ0) is 16.9. The van der Waals surface area contributed by atoms with Crippen LogP contribution in [0.4, 0.5) is 0 Å². The highest BCUT2D eigenvalue weighted by atomic mass is 16.5. The van der Waals surface area contributed by atoms with Gasteiger partial charge in [-0.3, -0.25) is 4.79 Å². The second kappa shape index (κ2) is 7.51. The van der Waals surface area contributed by atoms with Crippen molar-refractivity contribution in [3.63, 3.8) is 0 Å². The second-order valence-electron chi connectivity index (χ2n) is 6.20. The lowest BCUT2D eigenvalue weighted by Crippen LogP contribution is -2.34. The number of hydrogen-bond acceptors (Lipinski definition) is 4. The van der Waals surface area contributed by atoms with Crippen LogP contribution in [0.2, 0.25) is 0 Å². The van der Waals surface area contributed by atoms with Gasteiger partial charge in [0.25, 0.3) is 5.91 Å². The molecular formula is C19H23NO4. The summed E-state index contributed by atoms with van der Waals surface area (Å²) in [6, 6.07) is 6.99. The van der Waals surface area contributed by atoms with Crippen molar-refractivity contribution in [2.75, 3.05) is 19.7 Å². The van der Waals surface area contributed by atoms with Crippen LogP contribution >= 0.6 is 0 Å². The molecule has 2 aromatic rings. The lowest BCUT2D eigenvalue weighted by molar-refractivity contribution is 0.0757. The van der Waals surface area contributed by atoms with Crippen molar-refractivity contribution in [2.24, 2.45) is 0 Å². The summed E-state index contributed by atoms with van der Waals surface area (Å²) < 4.78 is 10.9. The molecule has 1 aromatic heterocycles. The molecule has 0 bridgehead atoms. The van der Waals surface area contributed by atoms with Gasteiger partial charge in [-0.2, -0.15) is 0 Å². The number of carbonyl (C=O) groups excluding carboxylic acids is 1. The van der Waals surface area contributed by atoms with E-state index < -0.39 is 5.63 Å². The number of carbonyl (C=O) groups is 1. The first-order valence-corrected chi connectivity index (χ1v) is 8.69. The summed E-state index contributed by atoms with van der Waals surface area (Å²) in [6.45, 7) is 4.06. The molecule has 0 atom stereocenters. The quantitative estimate of drug-likeness (QED) is 0.804. The Balaban J connectivity index is 1.90. The zero-order valence-electron chi connectivity index (χ0n) is 14.0. The van der Waals surface area contributed by atoms with Crippen molar-refractivity contribution >= 4 is 16.9 Å². The predicted octanol–water partition coefficient (Wildman–Crippen LogP) is 3.60. The molecule has 0 radical (unpaired) electrons. The Kier molecular flexibility index (Phi) is 5.18. The van der Waals surface area contributed by atoms with E-state index in [1.165, 1.54) is 0 Å². The molecule has 3 rings (SSSR count). The van der Waals surface area contributed by atoms with Gasteiger partial charge in [0.2, 0.25) is 0 Å². The van der Waals surface area contributed by atoms with Crippen molar-refractivity contribution in [3.05, 3.63) is 40.2 Å². The summed E-state index contributed by atoms with van der Waals surface area (Å²) >= 11 is 0. The van der Waals surface area contributed by atoms with E-state index in [0.29, 0.717) is 31.0 Å². The number of ether oxygens (including phenoxy) is 1. The summed E-state index contributed by atoms with van der Waals surface area (Å²) in [6.07, 6.45) is 5.16. The minimum atomic E-state index is -0.579. The first-order chi connectivity index (χ1) is 11.7. The number of rotatable bonds is 4. The molecule has 0 saturated carbocycles. The molecule has 0 aliphatic carbocycles. The lowest BCUT2D eigenvalue weighted by atomic mass is 10.1. The minimum Gasteiger partial charge on any atom is -0.493 e. The van der Waals surface area contributed by atoms with Crippen molar-refractivity contribution in [3.8, 4) is 5.75 Å². The number of hydrogen-bond donors (Lipinski definition) is 0. The standard InChI is InChI=1S/C19H23NO4/c1-2-11-23-15-8-7-14-12-16(19(22)24-17(14)13-15)18(21)20-9-5-3-4-6-10-20/h7-8,12-13H,2-6,9-11H2,1H3. The van der Waals surface area contributed by atoms with Crippen LogP contribution in [-0.4, -0.2) is 30.5 Å². The molecule has 1 fully saturated rings. The SMILES string of the molecule is CCCOc1ccc2cc(C(=O)N3CCCCCC3)c(=O)oc2c1. The Morgan fingerprint density at radius 1 is 1.17 bits per heavy atom. The van der Waals surface area contributed by atoms with Gasteiger partial charge in [0.1, 0.15) is 16.9 Å². The normalized spacial score (nSPS) is 15.3. The van der Waals surface area contributed by atoms with Crippen LogP contribution in [0.1, 0.15) is 49.4 Å². The molecular weight excluding hydrogens is 306 g/mol. The number of likely N-dealkylation sites (tertiary alicyclic amines) is 1. The van der Waals surface area contributed by atoms with Gasteiger partial charge in [-0.15, -0.1) is 0 Å². The Morgan fingerprint density at radius 2 is 1.92 bits per heavy atom. The Hall–Kier alpha value is -2.30. The molecule has 1 amide bonds. The van der Waals surface area contributed by atoms with Gasteiger partial charge in [0, 0.05) is 24.5 Å². The van der Waals surface area contributed by atoms with Gasteiger partial charge in [-0.1, -0.05) is 19.8 Å². The maximum atomic E-state index is 12.7. The summed E-state index contributed by atoms with van der Waals surface area (Å²) in [5.41, 5.74) is -0.0166. The van der Waals surface area contributed by atoms with E-state index >= 15 is 0 Å². The molecule has 0 unspecified atom stereocenters. The average Bonchev–Trinajstić information content (AvgIpc) is 2.88. The Labute approximate surface area is 141 Å². The molecule has 5 nitrogen and oxygen atoms in total. The van der Waals surface area contributed by atoms with Crippen LogP contribution in [-0.2, 0) is 0 Å². The fraction of sp³-hybridized carbons (Fsp3) is 0.474. The van der Waals surface area contributed by atoms with Crippen molar-refractivity contribution in [1.29, 1.82) is 0 Å². The number of amides is 1. The topological polar surface area (TPSA) is 59.8 Å². The van der Waals surface area contributed by atoms with Crippen LogP contribution in [0.3, 0.4) is 0 Å². The molecule has 1 aliphatic heterocycles. The fourth-order valence-electron chi connectivity index (χ4n) is 2.99. The molecule has 5 heteroatoms. The zero-order valence-corrected chi connectivity index (χ0v) is 14.0.